The minimum absolute atomic E-state index is 0.0299. The van der Waals surface area contributed by atoms with Gasteiger partial charge in [-0.15, -0.1) is 11.3 Å². The molecule has 128 valence electrons. The summed E-state index contributed by atoms with van der Waals surface area (Å²) in [5, 5.41) is 7.97. The largest absolute Gasteiger partial charge is 0.356 e. The Hall–Kier alpha value is -2.21. The Labute approximate surface area is 146 Å². The summed E-state index contributed by atoms with van der Waals surface area (Å²) in [7, 11) is 0. The SMILES string of the molecule is CCCCCCNC(=O)Cc1csc(NC(=O)c2ccccc2)n1. The van der Waals surface area contributed by atoms with E-state index >= 15 is 0 Å². The Kier molecular flexibility index (Phi) is 7.42. The molecule has 0 saturated carbocycles. The van der Waals surface area contributed by atoms with Crippen LogP contribution in [0.4, 0.5) is 5.13 Å². The summed E-state index contributed by atoms with van der Waals surface area (Å²) in [6.45, 7) is 2.87. The zero-order chi connectivity index (χ0) is 17.2. The third-order valence-corrected chi connectivity index (χ3v) is 4.31. The fraction of sp³-hybridized carbons (Fsp3) is 0.389. The van der Waals surface area contributed by atoms with Crippen LogP contribution in [0.15, 0.2) is 35.7 Å². The number of carbonyl (C=O) groups is 2. The highest BCUT2D eigenvalue weighted by Gasteiger charge is 2.10. The third kappa shape index (κ3) is 6.12. The Balaban J connectivity index is 1.76. The average Bonchev–Trinajstić information content (AvgIpc) is 3.02. The molecule has 2 rings (SSSR count). The zero-order valence-electron chi connectivity index (χ0n) is 13.9. The zero-order valence-corrected chi connectivity index (χ0v) is 14.7. The lowest BCUT2D eigenvalue weighted by Gasteiger charge is -2.03. The van der Waals surface area contributed by atoms with Gasteiger partial charge in [0.05, 0.1) is 12.1 Å². The van der Waals surface area contributed by atoms with Crippen molar-refractivity contribution in [1.82, 2.24) is 10.3 Å². The molecule has 0 aliphatic rings. The summed E-state index contributed by atoms with van der Waals surface area (Å²) < 4.78 is 0. The number of thiazole rings is 1. The number of unbranched alkanes of at least 4 members (excludes halogenated alkanes) is 3. The minimum atomic E-state index is -0.197. The van der Waals surface area contributed by atoms with Crippen molar-refractivity contribution >= 4 is 28.3 Å². The van der Waals surface area contributed by atoms with E-state index in [1.54, 1.807) is 17.5 Å². The molecule has 0 atom stereocenters. The summed E-state index contributed by atoms with van der Waals surface area (Å²) in [4.78, 5) is 28.2. The van der Waals surface area contributed by atoms with Gasteiger partial charge in [-0.25, -0.2) is 4.98 Å². The molecule has 24 heavy (non-hydrogen) atoms. The van der Waals surface area contributed by atoms with Gasteiger partial charge in [-0.3, -0.25) is 14.9 Å². The number of nitrogens with one attached hydrogen (secondary N) is 2. The van der Waals surface area contributed by atoms with E-state index in [4.69, 9.17) is 0 Å². The number of amides is 2. The lowest BCUT2D eigenvalue weighted by atomic mass is 10.2. The molecule has 2 N–H and O–H groups in total. The standard InChI is InChI=1S/C18H23N3O2S/c1-2-3-4-8-11-19-16(22)12-15-13-24-18(20-15)21-17(23)14-9-6-5-7-10-14/h5-7,9-10,13H,2-4,8,11-12H2,1H3,(H,19,22)(H,20,21,23). The molecule has 6 heteroatoms. The Morgan fingerprint density at radius 3 is 2.67 bits per heavy atom. The van der Waals surface area contributed by atoms with Crippen molar-refractivity contribution in [2.75, 3.05) is 11.9 Å². The molecule has 0 unspecified atom stereocenters. The number of rotatable bonds is 9. The average molecular weight is 345 g/mol. The first kappa shape index (κ1) is 18.1. The van der Waals surface area contributed by atoms with Crippen molar-refractivity contribution in [2.24, 2.45) is 0 Å². The molecule has 0 radical (unpaired) electrons. The van der Waals surface area contributed by atoms with Gasteiger partial charge in [-0.2, -0.15) is 0 Å². The van der Waals surface area contributed by atoms with Crippen LogP contribution in [0.5, 0.6) is 0 Å². The van der Waals surface area contributed by atoms with Gasteiger partial charge in [0.25, 0.3) is 5.91 Å². The number of hydrogen-bond donors (Lipinski definition) is 2. The first-order chi connectivity index (χ1) is 11.7. The predicted octanol–water partition coefficient (Wildman–Crippen LogP) is 3.63. The number of benzene rings is 1. The summed E-state index contributed by atoms with van der Waals surface area (Å²) in [5.41, 5.74) is 1.26. The normalized spacial score (nSPS) is 10.4. The van der Waals surface area contributed by atoms with Gasteiger partial charge >= 0.3 is 0 Å². The molecule has 0 bridgehead atoms. The molecule has 5 nitrogen and oxygen atoms in total. The first-order valence-electron chi connectivity index (χ1n) is 8.26. The van der Waals surface area contributed by atoms with Gasteiger partial charge in [-0.05, 0) is 18.6 Å². The Morgan fingerprint density at radius 2 is 1.92 bits per heavy atom. The van der Waals surface area contributed by atoms with Crippen molar-refractivity contribution in [1.29, 1.82) is 0 Å². The van der Waals surface area contributed by atoms with Gasteiger partial charge in [0.15, 0.2) is 5.13 Å². The fourth-order valence-electron chi connectivity index (χ4n) is 2.21. The van der Waals surface area contributed by atoms with Crippen LogP contribution in [0.1, 0.15) is 48.7 Å². The molecular formula is C18H23N3O2S. The second-order valence-electron chi connectivity index (χ2n) is 5.55. The van der Waals surface area contributed by atoms with Crippen LogP contribution < -0.4 is 10.6 Å². The molecule has 0 aliphatic carbocycles. The maximum absolute atomic E-state index is 12.0. The Morgan fingerprint density at radius 1 is 1.12 bits per heavy atom. The van der Waals surface area contributed by atoms with E-state index < -0.39 is 0 Å². The number of carbonyl (C=O) groups excluding carboxylic acids is 2. The first-order valence-corrected chi connectivity index (χ1v) is 9.14. The van der Waals surface area contributed by atoms with Crippen LogP contribution in [-0.4, -0.2) is 23.3 Å². The van der Waals surface area contributed by atoms with Crippen molar-refractivity contribution < 1.29 is 9.59 Å². The van der Waals surface area contributed by atoms with E-state index in [0.29, 0.717) is 22.9 Å². The molecule has 0 aliphatic heterocycles. The molecule has 2 amide bonds. The minimum Gasteiger partial charge on any atom is -0.356 e. The predicted molar refractivity (Wildman–Crippen MR) is 97.4 cm³/mol. The van der Waals surface area contributed by atoms with Crippen LogP contribution >= 0.6 is 11.3 Å². The molecule has 1 aromatic carbocycles. The summed E-state index contributed by atoms with van der Waals surface area (Å²) in [5.74, 6) is -0.227. The topological polar surface area (TPSA) is 71.1 Å². The lowest BCUT2D eigenvalue weighted by Crippen LogP contribution is -2.26. The third-order valence-electron chi connectivity index (χ3n) is 3.50. The highest BCUT2D eigenvalue weighted by Crippen LogP contribution is 2.17. The van der Waals surface area contributed by atoms with Crippen molar-refractivity contribution in [2.45, 2.75) is 39.0 Å². The molecule has 0 fully saturated rings. The monoisotopic (exact) mass is 345 g/mol. The number of anilines is 1. The molecule has 0 saturated heterocycles. The van der Waals surface area contributed by atoms with E-state index in [9.17, 15) is 9.59 Å². The molecular weight excluding hydrogens is 322 g/mol. The van der Waals surface area contributed by atoms with Gasteiger partial charge < -0.3 is 5.32 Å². The van der Waals surface area contributed by atoms with Crippen molar-refractivity contribution in [3.05, 3.63) is 47.0 Å². The van der Waals surface area contributed by atoms with Gasteiger partial charge in [0.1, 0.15) is 0 Å². The molecule has 0 spiro atoms. The maximum Gasteiger partial charge on any atom is 0.257 e. The highest BCUT2D eigenvalue weighted by atomic mass is 32.1. The van der Waals surface area contributed by atoms with Crippen LogP contribution in [0.2, 0.25) is 0 Å². The fourth-order valence-corrected chi connectivity index (χ4v) is 2.92. The second-order valence-corrected chi connectivity index (χ2v) is 6.41. The number of hydrogen-bond acceptors (Lipinski definition) is 4. The van der Waals surface area contributed by atoms with E-state index in [1.807, 2.05) is 18.2 Å². The smallest absolute Gasteiger partial charge is 0.257 e. The molecule has 1 heterocycles. The summed E-state index contributed by atoms with van der Waals surface area (Å²) in [6, 6.07) is 8.98. The Bertz CT molecular complexity index is 655. The van der Waals surface area contributed by atoms with Crippen LogP contribution in [0, 0.1) is 0 Å². The molecule has 2 aromatic rings. The van der Waals surface area contributed by atoms with Gasteiger partial charge in [0.2, 0.25) is 5.91 Å². The number of nitrogens with zero attached hydrogens (tertiary/aromatic N) is 1. The van der Waals surface area contributed by atoms with Crippen molar-refractivity contribution in [3.8, 4) is 0 Å². The van der Waals surface area contributed by atoms with E-state index in [0.717, 1.165) is 12.8 Å². The van der Waals surface area contributed by atoms with E-state index in [2.05, 4.69) is 22.5 Å². The van der Waals surface area contributed by atoms with Crippen molar-refractivity contribution in [3.63, 3.8) is 0 Å². The number of aromatic nitrogens is 1. The van der Waals surface area contributed by atoms with E-state index in [1.165, 1.54) is 24.2 Å². The second kappa shape index (κ2) is 9.82. The lowest BCUT2D eigenvalue weighted by molar-refractivity contribution is -0.120. The quantitative estimate of drug-likeness (QED) is 0.682. The van der Waals surface area contributed by atoms with Crippen LogP contribution in [0.25, 0.3) is 0 Å². The summed E-state index contributed by atoms with van der Waals surface area (Å²) in [6.07, 6.45) is 4.78. The van der Waals surface area contributed by atoms with E-state index in [-0.39, 0.29) is 18.2 Å². The van der Waals surface area contributed by atoms with Crippen LogP contribution in [0.3, 0.4) is 0 Å². The van der Waals surface area contributed by atoms with Gasteiger partial charge in [-0.1, -0.05) is 44.4 Å². The maximum atomic E-state index is 12.0. The highest BCUT2D eigenvalue weighted by molar-refractivity contribution is 7.14. The van der Waals surface area contributed by atoms with Gasteiger partial charge in [0, 0.05) is 17.5 Å². The molecule has 1 aromatic heterocycles. The van der Waals surface area contributed by atoms with Crippen LogP contribution in [-0.2, 0) is 11.2 Å². The summed E-state index contributed by atoms with van der Waals surface area (Å²) >= 11 is 1.33.